The highest BCUT2D eigenvalue weighted by Gasteiger charge is 2.30. The second-order valence-corrected chi connectivity index (χ2v) is 11.4. The molecule has 33 heavy (non-hydrogen) atoms. The second-order valence-electron chi connectivity index (χ2n) is 8.19. The van der Waals surface area contributed by atoms with E-state index in [1.165, 1.54) is 4.90 Å². The average Bonchev–Trinajstić information content (AvgIpc) is 2.71. The molecule has 0 saturated carbocycles. The van der Waals surface area contributed by atoms with Crippen molar-refractivity contribution in [3.63, 3.8) is 0 Å². The molecule has 0 aliphatic rings. The van der Waals surface area contributed by atoms with E-state index < -0.39 is 28.5 Å². The Morgan fingerprint density at radius 3 is 2.21 bits per heavy atom. The van der Waals surface area contributed by atoms with Gasteiger partial charge in [0.25, 0.3) is 0 Å². The molecule has 1 atom stereocenters. The molecule has 2 rings (SSSR count). The zero-order chi connectivity index (χ0) is 24.9. The van der Waals surface area contributed by atoms with Gasteiger partial charge in [-0.3, -0.25) is 13.9 Å². The number of carbonyl (C=O) groups excluding carboxylic acids is 2. The lowest BCUT2D eigenvalue weighted by Crippen LogP contribution is -2.52. The Morgan fingerprint density at radius 2 is 1.70 bits per heavy atom. The highest BCUT2D eigenvalue weighted by molar-refractivity contribution is 9.10. The van der Waals surface area contributed by atoms with E-state index >= 15 is 0 Å². The summed E-state index contributed by atoms with van der Waals surface area (Å²) in [5.74, 6) is -0.819. The van der Waals surface area contributed by atoms with Gasteiger partial charge in [-0.15, -0.1) is 0 Å². The third-order valence-electron chi connectivity index (χ3n) is 4.97. The Morgan fingerprint density at radius 1 is 1.09 bits per heavy atom. The van der Waals surface area contributed by atoms with Crippen LogP contribution in [0.25, 0.3) is 0 Å². The summed E-state index contributed by atoms with van der Waals surface area (Å²) in [6, 6.07) is 11.1. The normalized spacial score (nSPS) is 12.4. The number of aryl methyl sites for hydroxylation is 1. The molecule has 2 aromatic rings. The van der Waals surface area contributed by atoms with Crippen LogP contribution in [0, 0.1) is 6.92 Å². The summed E-state index contributed by atoms with van der Waals surface area (Å²) in [6.07, 6.45) is 1.05. The van der Waals surface area contributed by atoms with Crippen molar-refractivity contribution >= 4 is 55.1 Å². The molecule has 2 amide bonds. The Hall–Kier alpha value is -2.10. The van der Waals surface area contributed by atoms with Crippen molar-refractivity contribution in [2.24, 2.45) is 0 Å². The van der Waals surface area contributed by atoms with Crippen LogP contribution in [0.2, 0.25) is 5.02 Å². The van der Waals surface area contributed by atoms with Gasteiger partial charge in [0.05, 0.1) is 11.9 Å². The van der Waals surface area contributed by atoms with Gasteiger partial charge in [0.2, 0.25) is 21.8 Å². The maximum absolute atomic E-state index is 13.4. The quantitative estimate of drug-likeness (QED) is 0.502. The van der Waals surface area contributed by atoms with Gasteiger partial charge in [0.1, 0.15) is 12.6 Å². The van der Waals surface area contributed by atoms with E-state index in [1.54, 1.807) is 49.4 Å². The topological polar surface area (TPSA) is 86.8 Å². The van der Waals surface area contributed by atoms with Gasteiger partial charge in [0, 0.05) is 22.1 Å². The molecule has 180 valence electrons. The van der Waals surface area contributed by atoms with E-state index in [4.69, 9.17) is 11.6 Å². The lowest BCUT2D eigenvalue weighted by atomic mass is 10.1. The number of sulfonamides is 1. The zero-order valence-corrected chi connectivity index (χ0v) is 22.5. The van der Waals surface area contributed by atoms with Crippen molar-refractivity contribution in [1.29, 1.82) is 0 Å². The fourth-order valence-corrected chi connectivity index (χ4v) is 4.39. The fourth-order valence-electron chi connectivity index (χ4n) is 3.17. The molecule has 0 radical (unpaired) electrons. The van der Waals surface area contributed by atoms with Crippen molar-refractivity contribution < 1.29 is 18.0 Å². The standard InChI is InChI=1S/C23H29BrClN3O4S/c1-15(2)26-23(30)17(4)27(13-18-6-8-19(25)9-7-18)22(29)14-28(33(5,31)32)20-10-11-21(24)16(3)12-20/h6-12,15,17H,13-14H2,1-5H3,(H,26,30)/t17-/m0/s1. The number of nitrogens with zero attached hydrogens (tertiary/aromatic N) is 2. The highest BCUT2D eigenvalue weighted by Crippen LogP contribution is 2.25. The van der Waals surface area contributed by atoms with E-state index in [0.29, 0.717) is 10.7 Å². The summed E-state index contributed by atoms with van der Waals surface area (Å²) in [4.78, 5) is 27.5. The molecule has 0 aromatic heterocycles. The second kappa shape index (κ2) is 11.4. The van der Waals surface area contributed by atoms with Crippen LogP contribution in [0.15, 0.2) is 46.9 Å². The minimum atomic E-state index is -3.77. The summed E-state index contributed by atoms with van der Waals surface area (Å²) in [6.45, 7) is 6.81. The van der Waals surface area contributed by atoms with Gasteiger partial charge in [-0.25, -0.2) is 8.42 Å². The number of rotatable bonds is 9. The van der Waals surface area contributed by atoms with Crippen LogP contribution >= 0.6 is 27.5 Å². The molecule has 0 saturated heterocycles. The molecule has 2 aromatic carbocycles. The lowest BCUT2D eigenvalue weighted by Gasteiger charge is -2.32. The lowest BCUT2D eigenvalue weighted by molar-refractivity contribution is -0.139. The Balaban J connectivity index is 2.40. The first kappa shape index (κ1) is 27.1. The Labute approximate surface area is 209 Å². The predicted molar refractivity (Wildman–Crippen MR) is 136 cm³/mol. The molecular formula is C23H29BrClN3O4S. The molecule has 0 aliphatic carbocycles. The van der Waals surface area contributed by atoms with Gasteiger partial charge in [-0.2, -0.15) is 0 Å². The number of nitrogens with one attached hydrogen (secondary N) is 1. The van der Waals surface area contributed by atoms with Crippen molar-refractivity contribution in [2.45, 2.75) is 46.3 Å². The largest absolute Gasteiger partial charge is 0.352 e. The van der Waals surface area contributed by atoms with Crippen LogP contribution in [0.4, 0.5) is 5.69 Å². The SMILES string of the molecule is Cc1cc(N(CC(=O)N(Cc2ccc(Cl)cc2)[C@@H](C)C(=O)NC(C)C)S(C)(=O)=O)ccc1Br. The third kappa shape index (κ3) is 7.72. The number of hydrogen-bond donors (Lipinski definition) is 1. The first-order valence-corrected chi connectivity index (χ1v) is 13.4. The summed E-state index contributed by atoms with van der Waals surface area (Å²) in [7, 11) is -3.77. The molecule has 0 fully saturated rings. The molecule has 0 heterocycles. The molecule has 0 aliphatic heterocycles. The first-order valence-electron chi connectivity index (χ1n) is 10.4. The van der Waals surface area contributed by atoms with Gasteiger partial charge in [0.15, 0.2) is 0 Å². The molecular weight excluding hydrogens is 530 g/mol. The molecule has 0 spiro atoms. The van der Waals surface area contributed by atoms with E-state index in [-0.39, 0.29) is 18.5 Å². The van der Waals surface area contributed by atoms with E-state index in [1.807, 2.05) is 20.8 Å². The van der Waals surface area contributed by atoms with Crippen LogP contribution < -0.4 is 9.62 Å². The molecule has 0 unspecified atom stereocenters. The van der Waals surface area contributed by atoms with Crippen LogP contribution in [0.5, 0.6) is 0 Å². The minimum Gasteiger partial charge on any atom is -0.352 e. The number of carbonyl (C=O) groups is 2. The Kier molecular flexibility index (Phi) is 9.34. The maximum Gasteiger partial charge on any atom is 0.244 e. The van der Waals surface area contributed by atoms with Gasteiger partial charge >= 0.3 is 0 Å². The smallest absolute Gasteiger partial charge is 0.244 e. The van der Waals surface area contributed by atoms with Gasteiger partial charge in [-0.05, 0) is 69.2 Å². The third-order valence-corrected chi connectivity index (χ3v) is 7.26. The number of hydrogen-bond acceptors (Lipinski definition) is 4. The summed E-state index contributed by atoms with van der Waals surface area (Å²) in [5, 5.41) is 3.36. The summed E-state index contributed by atoms with van der Waals surface area (Å²) >= 11 is 9.37. The fraction of sp³-hybridized carbons (Fsp3) is 0.391. The summed E-state index contributed by atoms with van der Waals surface area (Å²) < 4.78 is 27.0. The monoisotopic (exact) mass is 557 g/mol. The predicted octanol–water partition coefficient (Wildman–Crippen LogP) is 4.12. The van der Waals surface area contributed by atoms with Crippen LogP contribution in [-0.4, -0.2) is 50.0 Å². The number of benzene rings is 2. The molecule has 1 N–H and O–H groups in total. The van der Waals surface area contributed by atoms with Crippen molar-refractivity contribution in [1.82, 2.24) is 10.2 Å². The summed E-state index contributed by atoms with van der Waals surface area (Å²) in [5.41, 5.74) is 1.97. The van der Waals surface area contributed by atoms with Crippen molar-refractivity contribution in [3.8, 4) is 0 Å². The molecule has 7 nitrogen and oxygen atoms in total. The molecule has 10 heteroatoms. The van der Waals surface area contributed by atoms with Crippen LogP contribution in [0.1, 0.15) is 31.9 Å². The van der Waals surface area contributed by atoms with E-state index in [0.717, 1.165) is 26.2 Å². The van der Waals surface area contributed by atoms with E-state index in [9.17, 15) is 18.0 Å². The number of amides is 2. The van der Waals surface area contributed by atoms with Gasteiger partial charge < -0.3 is 10.2 Å². The van der Waals surface area contributed by atoms with Crippen molar-refractivity contribution in [2.75, 3.05) is 17.1 Å². The van der Waals surface area contributed by atoms with Crippen LogP contribution in [-0.2, 0) is 26.2 Å². The number of anilines is 1. The van der Waals surface area contributed by atoms with Gasteiger partial charge in [-0.1, -0.05) is 39.7 Å². The maximum atomic E-state index is 13.4. The minimum absolute atomic E-state index is 0.106. The first-order chi connectivity index (χ1) is 15.3. The van der Waals surface area contributed by atoms with Crippen LogP contribution in [0.3, 0.4) is 0 Å². The highest BCUT2D eigenvalue weighted by atomic mass is 79.9. The Bertz CT molecular complexity index is 1110. The van der Waals surface area contributed by atoms with E-state index in [2.05, 4.69) is 21.2 Å². The van der Waals surface area contributed by atoms with Crippen molar-refractivity contribution in [3.05, 3.63) is 63.1 Å². The number of halogens is 2. The zero-order valence-electron chi connectivity index (χ0n) is 19.3. The average molecular weight is 559 g/mol. The molecule has 0 bridgehead atoms.